The van der Waals surface area contributed by atoms with Crippen molar-refractivity contribution in [3.63, 3.8) is 0 Å². The first-order valence-electron chi connectivity index (χ1n) is 10.0. The molecule has 0 saturated heterocycles. The van der Waals surface area contributed by atoms with Crippen LogP contribution in [0.15, 0.2) is 11.1 Å². The number of aromatic nitrogens is 4. The summed E-state index contributed by atoms with van der Waals surface area (Å²) >= 11 is 0. The number of nitrogens with zero attached hydrogens (tertiary/aromatic N) is 4. The minimum absolute atomic E-state index is 0.00659. The fraction of sp³-hybridized carbons (Fsp3) is 0.722. The van der Waals surface area contributed by atoms with Gasteiger partial charge in [0.1, 0.15) is 6.10 Å². The summed E-state index contributed by atoms with van der Waals surface area (Å²) in [4.78, 5) is 30.6. The zero-order valence-electron chi connectivity index (χ0n) is 18.8. The van der Waals surface area contributed by atoms with E-state index in [2.05, 4.69) is 9.97 Å². The fourth-order valence-electron chi connectivity index (χ4n) is 2.82. The lowest BCUT2D eigenvalue weighted by Crippen LogP contribution is -2.34. The van der Waals surface area contributed by atoms with Crippen LogP contribution < -0.4 is 11.3 Å². The summed E-state index contributed by atoms with van der Waals surface area (Å²) < 4.78 is 25.9. The Labute approximate surface area is 185 Å². The Bertz CT molecular complexity index is 1050. The van der Waals surface area contributed by atoms with Crippen molar-refractivity contribution in [2.75, 3.05) is 18.9 Å². The molecule has 2 aromatic heterocycles. The van der Waals surface area contributed by atoms with E-state index in [1.54, 1.807) is 20.8 Å². The molecule has 0 spiro atoms. The van der Waals surface area contributed by atoms with Crippen molar-refractivity contribution in [2.45, 2.75) is 63.8 Å². The van der Waals surface area contributed by atoms with E-state index in [4.69, 9.17) is 15.0 Å². The van der Waals surface area contributed by atoms with Gasteiger partial charge in [-0.3, -0.25) is 18.5 Å². The molecule has 32 heavy (non-hydrogen) atoms. The number of hydrogen-bond acceptors (Lipinski definition) is 10. The quantitative estimate of drug-likeness (QED) is 0.275. The van der Waals surface area contributed by atoms with Crippen molar-refractivity contribution in [1.29, 1.82) is 0 Å². The fourth-order valence-corrected chi connectivity index (χ4v) is 4.18. The highest BCUT2D eigenvalue weighted by Crippen LogP contribution is 2.58. The molecule has 13 nitrogen and oxygen atoms in total. The van der Waals surface area contributed by atoms with E-state index >= 15 is 0 Å². The lowest BCUT2D eigenvalue weighted by atomic mass is 10.1. The molecule has 0 radical (unpaired) electrons. The van der Waals surface area contributed by atoms with Crippen LogP contribution in [-0.2, 0) is 20.9 Å². The van der Waals surface area contributed by atoms with Crippen molar-refractivity contribution in [2.24, 2.45) is 7.05 Å². The van der Waals surface area contributed by atoms with Gasteiger partial charge in [-0.2, -0.15) is 4.98 Å². The van der Waals surface area contributed by atoms with Gasteiger partial charge >= 0.3 is 7.60 Å². The number of imidazole rings is 1. The van der Waals surface area contributed by atoms with Crippen LogP contribution in [0.2, 0.25) is 0 Å². The van der Waals surface area contributed by atoms with Crippen LogP contribution in [0.25, 0.3) is 11.2 Å². The molecular weight excluding hydrogens is 445 g/mol. The molecule has 14 heteroatoms. The van der Waals surface area contributed by atoms with Gasteiger partial charge in [0.25, 0.3) is 5.56 Å². The minimum atomic E-state index is -4.37. The normalized spacial score (nSPS) is 18.3. The standard InChI is InChI=1S/C18H32N5O8P/c1-6-18(4,27)32(28,29)31-17(2,3)7-8-30-15(11(25)9-24)23-10-20-12-13(23)21-16(19)22(5)14(12)26/h10-11,15,24-25,27H,6-9H2,1-5H3,(H2,19,21)(H,28,29)/t11-,15-,18?/m1/s1. The molecule has 0 aliphatic carbocycles. The SMILES string of the molecule is CCC(C)(O)P(=O)(O)OC(C)(C)CCO[C@H]([C@H](O)CO)n1cnc2c(=O)n(C)c(N)nc21. The van der Waals surface area contributed by atoms with Crippen LogP contribution in [0.5, 0.6) is 0 Å². The van der Waals surface area contributed by atoms with Crippen LogP contribution in [0.3, 0.4) is 0 Å². The highest BCUT2D eigenvalue weighted by atomic mass is 31.2. The monoisotopic (exact) mass is 477 g/mol. The van der Waals surface area contributed by atoms with Gasteiger partial charge in [-0.1, -0.05) is 6.92 Å². The van der Waals surface area contributed by atoms with E-state index in [-0.39, 0.29) is 36.6 Å². The van der Waals surface area contributed by atoms with Gasteiger partial charge in [-0.15, -0.1) is 0 Å². The van der Waals surface area contributed by atoms with E-state index in [0.29, 0.717) is 0 Å². The molecule has 6 N–H and O–H groups in total. The first-order valence-corrected chi connectivity index (χ1v) is 11.6. The lowest BCUT2D eigenvalue weighted by Gasteiger charge is -2.34. The van der Waals surface area contributed by atoms with Crippen LogP contribution in [-0.4, -0.2) is 69.6 Å². The van der Waals surface area contributed by atoms with E-state index < -0.39 is 43.0 Å². The number of fused-ring (bicyclic) bond motifs is 1. The van der Waals surface area contributed by atoms with Gasteiger partial charge in [-0.25, -0.2) is 4.98 Å². The van der Waals surface area contributed by atoms with Gasteiger partial charge in [0, 0.05) is 7.05 Å². The van der Waals surface area contributed by atoms with E-state index in [9.17, 15) is 29.6 Å². The van der Waals surface area contributed by atoms with Crippen molar-refractivity contribution >= 4 is 24.7 Å². The summed E-state index contributed by atoms with van der Waals surface area (Å²) in [6, 6.07) is 0. The number of nitrogen functional groups attached to an aromatic ring is 1. The van der Waals surface area contributed by atoms with E-state index in [0.717, 1.165) is 4.57 Å². The summed E-state index contributed by atoms with van der Waals surface area (Å²) in [6.07, 6.45) is -1.23. The predicted molar refractivity (Wildman–Crippen MR) is 116 cm³/mol. The average Bonchev–Trinajstić information content (AvgIpc) is 3.11. The van der Waals surface area contributed by atoms with Crippen molar-refractivity contribution < 1.29 is 34.0 Å². The second-order valence-electron chi connectivity index (χ2n) is 8.36. The number of aliphatic hydroxyl groups excluding tert-OH is 2. The van der Waals surface area contributed by atoms with Gasteiger partial charge in [-0.05, 0) is 33.6 Å². The molecule has 2 unspecified atom stereocenters. The van der Waals surface area contributed by atoms with Gasteiger partial charge < -0.3 is 35.2 Å². The molecule has 182 valence electrons. The lowest BCUT2D eigenvalue weighted by molar-refractivity contribution is -0.105. The van der Waals surface area contributed by atoms with Gasteiger partial charge in [0.15, 0.2) is 22.7 Å². The second kappa shape index (κ2) is 9.56. The summed E-state index contributed by atoms with van der Waals surface area (Å²) in [7, 11) is -2.93. The molecule has 0 bridgehead atoms. The van der Waals surface area contributed by atoms with Crippen LogP contribution in [0.4, 0.5) is 5.95 Å². The van der Waals surface area contributed by atoms with Crippen molar-refractivity contribution in [3.8, 4) is 0 Å². The van der Waals surface area contributed by atoms with Gasteiger partial charge in [0.2, 0.25) is 5.95 Å². The molecule has 0 fully saturated rings. The molecule has 0 amide bonds. The highest BCUT2D eigenvalue weighted by Gasteiger charge is 2.45. The zero-order valence-corrected chi connectivity index (χ0v) is 19.7. The Balaban J connectivity index is 2.23. The maximum Gasteiger partial charge on any atom is 0.359 e. The summed E-state index contributed by atoms with van der Waals surface area (Å²) in [5, 5.41) is 28.0. The zero-order chi connectivity index (χ0) is 24.5. The Morgan fingerprint density at radius 2 is 1.97 bits per heavy atom. The number of aliphatic hydroxyl groups is 3. The average molecular weight is 477 g/mol. The van der Waals surface area contributed by atoms with Crippen molar-refractivity contribution in [3.05, 3.63) is 16.7 Å². The first kappa shape index (κ1) is 26.4. The number of anilines is 1. The third-order valence-electron chi connectivity index (χ3n) is 5.27. The van der Waals surface area contributed by atoms with Crippen LogP contribution >= 0.6 is 7.60 Å². The third-order valence-corrected chi connectivity index (χ3v) is 7.55. The molecule has 0 aliphatic rings. The number of nitrogens with two attached hydrogens (primary N) is 1. The summed E-state index contributed by atoms with van der Waals surface area (Å²) in [5.41, 5.74) is 4.17. The van der Waals surface area contributed by atoms with Gasteiger partial charge in [0.05, 0.1) is 25.1 Å². The van der Waals surface area contributed by atoms with Crippen molar-refractivity contribution in [1.82, 2.24) is 19.1 Å². The first-order chi connectivity index (χ1) is 14.7. The molecule has 0 aromatic carbocycles. The molecule has 2 rings (SSSR count). The number of ether oxygens (including phenoxy) is 1. The predicted octanol–water partition coefficient (Wildman–Crippen LogP) is 0.0698. The largest absolute Gasteiger partial charge is 0.394 e. The van der Waals surface area contributed by atoms with E-state index in [1.165, 1.54) is 24.9 Å². The van der Waals surface area contributed by atoms with Crippen LogP contribution in [0, 0.1) is 0 Å². The summed E-state index contributed by atoms with van der Waals surface area (Å²) in [6.45, 7) is 5.16. The Morgan fingerprint density at radius 1 is 1.34 bits per heavy atom. The maximum atomic E-state index is 12.5. The maximum absolute atomic E-state index is 12.5. The second-order valence-corrected chi connectivity index (χ2v) is 10.5. The highest BCUT2D eigenvalue weighted by molar-refractivity contribution is 7.54. The van der Waals surface area contributed by atoms with Crippen LogP contribution in [0.1, 0.15) is 46.8 Å². The minimum Gasteiger partial charge on any atom is -0.394 e. The molecule has 0 aliphatic heterocycles. The molecule has 0 saturated carbocycles. The molecular formula is C18H32N5O8P. The number of rotatable bonds is 11. The molecule has 2 aromatic rings. The third kappa shape index (κ3) is 5.37. The van der Waals surface area contributed by atoms with E-state index in [1.807, 2.05) is 0 Å². The Morgan fingerprint density at radius 3 is 2.53 bits per heavy atom. The molecule has 4 atom stereocenters. The Kier molecular flexibility index (Phi) is 7.88. The summed E-state index contributed by atoms with van der Waals surface area (Å²) in [5.74, 6) is -0.0716. The topological polar surface area (TPSA) is 195 Å². The molecule has 2 heterocycles. The smallest absolute Gasteiger partial charge is 0.359 e. The Hall–Kier alpha value is -1.86. The number of hydrogen-bond donors (Lipinski definition) is 5.